The smallest absolute Gasteiger partial charge is 0.274 e. The first-order valence-corrected chi connectivity index (χ1v) is 15.0. The molecule has 0 bridgehead atoms. The number of nitrogens with one attached hydrogen (secondary N) is 1. The second-order valence-electron chi connectivity index (χ2n) is 10.1. The molecule has 6 rings (SSSR count). The van der Waals surface area contributed by atoms with Crippen LogP contribution in [0.4, 0.5) is 20.3 Å². The Bertz CT molecular complexity index is 1890. The molecule has 0 saturated carbocycles. The number of aromatic nitrogens is 3. The van der Waals surface area contributed by atoms with E-state index in [1.807, 2.05) is 0 Å². The highest BCUT2D eigenvalue weighted by atomic mass is 35.5. The number of halogens is 3. The van der Waals surface area contributed by atoms with Crippen molar-refractivity contribution in [2.75, 3.05) is 30.1 Å². The number of sulfone groups is 1. The van der Waals surface area contributed by atoms with Gasteiger partial charge in [0.2, 0.25) is 0 Å². The van der Waals surface area contributed by atoms with Gasteiger partial charge in [0.1, 0.15) is 11.3 Å². The molecule has 40 heavy (non-hydrogen) atoms. The molecule has 1 atom stereocenters. The van der Waals surface area contributed by atoms with E-state index in [4.69, 9.17) is 11.6 Å². The third kappa shape index (κ3) is 4.08. The monoisotopic (exact) mass is 587 g/mol. The van der Waals surface area contributed by atoms with Gasteiger partial charge in [0.15, 0.2) is 21.5 Å². The van der Waals surface area contributed by atoms with Crippen molar-refractivity contribution in [3.63, 3.8) is 0 Å². The van der Waals surface area contributed by atoms with Crippen molar-refractivity contribution in [3.05, 3.63) is 75.5 Å². The predicted molar refractivity (Wildman–Crippen MR) is 148 cm³/mol. The zero-order chi connectivity index (χ0) is 28.5. The number of aryl methyl sites for hydroxylation is 1. The maximum Gasteiger partial charge on any atom is 0.274 e. The molecule has 1 unspecified atom stereocenters. The number of carbonyl (C=O) groups is 1. The number of hydrogen-bond donors (Lipinski definition) is 1. The maximum atomic E-state index is 15.2. The molecular weight excluding hydrogens is 564 g/mol. The summed E-state index contributed by atoms with van der Waals surface area (Å²) >= 11 is 5.96. The summed E-state index contributed by atoms with van der Waals surface area (Å²) in [6.45, 7) is 0.446. The summed E-state index contributed by atoms with van der Waals surface area (Å²) in [6, 6.07) is 3.92. The minimum absolute atomic E-state index is 0.0383. The van der Waals surface area contributed by atoms with Gasteiger partial charge in [-0.3, -0.25) is 9.59 Å². The molecule has 2 aliphatic heterocycles. The number of hydrogen-bond acceptors (Lipinski definition) is 6. The first kappa shape index (κ1) is 26.5. The number of carbonyl (C=O) groups excluding carboxylic acids is 1. The van der Waals surface area contributed by atoms with E-state index in [0.717, 1.165) is 18.5 Å². The lowest BCUT2D eigenvalue weighted by atomic mass is 9.93. The number of aromatic amines is 1. The zero-order valence-corrected chi connectivity index (χ0v) is 23.1. The Balaban J connectivity index is 1.73. The van der Waals surface area contributed by atoms with E-state index in [1.165, 1.54) is 14.4 Å². The fourth-order valence-electron chi connectivity index (χ4n) is 5.77. The van der Waals surface area contributed by atoms with Crippen molar-refractivity contribution >= 4 is 49.8 Å². The molecule has 208 valence electrons. The molecule has 1 amide bonds. The molecule has 0 spiro atoms. The molecule has 4 aromatic rings. The number of alkyl halides is 1. The number of pyridine rings is 2. The Morgan fingerprint density at radius 1 is 1.15 bits per heavy atom. The van der Waals surface area contributed by atoms with Gasteiger partial charge in [-0.15, -0.1) is 11.6 Å². The van der Waals surface area contributed by atoms with E-state index < -0.39 is 32.6 Å². The molecule has 1 N–H and O–H groups in total. The molecule has 13 heteroatoms. The largest absolute Gasteiger partial charge is 0.356 e. The predicted octanol–water partition coefficient (Wildman–Crippen LogP) is 4.03. The molecule has 5 heterocycles. The highest BCUT2D eigenvalue weighted by Gasteiger charge is 2.37. The SMILES string of the molecule is Cn1cc2c3c(c[nH]c3c1=O)CN(c1ncc(F)cc1F)c1cc3c(cc1-2)C(S(C)(=O)=O)CCN(CCCl)C3=O. The zero-order valence-electron chi connectivity index (χ0n) is 21.5. The fourth-order valence-corrected chi connectivity index (χ4v) is 7.16. The van der Waals surface area contributed by atoms with Crippen LogP contribution >= 0.6 is 11.6 Å². The van der Waals surface area contributed by atoms with Gasteiger partial charge in [-0.1, -0.05) is 0 Å². The van der Waals surface area contributed by atoms with Gasteiger partial charge < -0.3 is 19.4 Å². The Labute approximate surface area is 232 Å². The highest BCUT2D eigenvalue weighted by Crippen LogP contribution is 2.47. The van der Waals surface area contributed by atoms with Crippen molar-refractivity contribution in [1.82, 2.24) is 19.4 Å². The van der Waals surface area contributed by atoms with Gasteiger partial charge in [0.05, 0.1) is 23.7 Å². The van der Waals surface area contributed by atoms with E-state index in [1.54, 1.807) is 31.6 Å². The second-order valence-corrected chi connectivity index (χ2v) is 12.7. The van der Waals surface area contributed by atoms with Crippen molar-refractivity contribution in [2.24, 2.45) is 7.05 Å². The lowest BCUT2D eigenvalue weighted by molar-refractivity contribution is 0.0770. The quantitative estimate of drug-likeness (QED) is 0.361. The summed E-state index contributed by atoms with van der Waals surface area (Å²) in [6.07, 6.45) is 5.48. The normalized spacial score (nSPS) is 17.0. The summed E-state index contributed by atoms with van der Waals surface area (Å²) in [5, 5.41) is -0.392. The van der Waals surface area contributed by atoms with Crippen LogP contribution in [-0.2, 0) is 23.4 Å². The van der Waals surface area contributed by atoms with Gasteiger partial charge in [0, 0.05) is 72.8 Å². The van der Waals surface area contributed by atoms with E-state index in [0.29, 0.717) is 38.8 Å². The third-order valence-electron chi connectivity index (χ3n) is 7.61. The van der Waals surface area contributed by atoms with Crippen LogP contribution in [0.2, 0.25) is 0 Å². The Hall–Kier alpha value is -3.77. The van der Waals surface area contributed by atoms with E-state index in [-0.39, 0.29) is 48.9 Å². The van der Waals surface area contributed by atoms with Crippen molar-refractivity contribution in [2.45, 2.75) is 18.2 Å². The second kappa shape index (κ2) is 9.41. The number of anilines is 2. The summed E-state index contributed by atoms with van der Waals surface area (Å²) in [5.74, 6) is -2.19. The van der Waals surface area contributed by atoms with Gasteiger partial charge in [-0.25, -0.2) is 22.2 Å². The van der Waals surface area contributed by atoms with E-state index in [9.17, 15) is 22.4 Å². The van der Waals surface area contributed by atoms with Gasteiger partial charge >= 0.3 is 0 Å². The Morgan fingerprint density at radius 3 is 2.62 bits per heavy atom. The average molecular weight is 588 g/mol. The summed E-state index contributed by atoms with van der Waals surface area (Å²) in [4.78, 5) is 36.8. The maximum absolute atomic E-state index is 15.2. The third-order valence-corrected chi connectivity index (χ3v) is 9.30. The van der Waals surface area contributed by atoms with E-state index >= 15 is 4.39 Å². The minimum Gasteiger partial charge on any atom is -0.356 e. The standard InChI is InChI=1S/C27H24ClF2N5O4S/c1-33-13-19-16-8-17-18(26(36)34(6-4-28)5-3-22(17)40(2,38)39)9-21(16)35(25-20(30)7-15(29)11-32-25)12-14-10-31-24(23(14)19)27(33)37/h7-11,13,22,31H,3-6,12H2,1-2H3. The number of fused-ring (bicyclic) bond motifs is 3. The minimum atomic E-state index is -3.65. The van der Waals surface area contributed by atoms with Crippen LogP contribution in [0.5, 0.6) is 0 Å². The molecule has 0 saturated heterocycles. The van der Waals surface area contributed by atoms with Crippen LogP contribution < -0.4 is 10.5 Å². The molecule has 0 fully saturated rings. The lowest BCUT2D eigenvalue weighted by Crippen LogP contribution is -2.33. The first-order valence-electron chi connectivity index (χ1n) is 12.5. The van der Waals surface area contributed by atoms with Crippen LogP contribution in [0.15, 0.2) is 41.6 Å². The summed E-state index contributed by atoms with van der Waals surface area (Å²) in [5.41, 5.74) is 2.61. The van der Waals surface area contributed by atoms with Crippen molar-refractivity contribution < 1.29 is 22.0 Å². The molecule has 1 aromatic carbocycles. The molecule has 9 nitrogen and oxygen atoms in total. The number of benzene rings is 1. The number of rotatable bonds is 4. The molecule has 2 aliphatic rings. The summed E-state index contributed by atoms with van der Waals surface area (Å²) in [7, 11) is -2.06. The molecule has 0 aliphatic carbocycles. The number of amides is 1. The van der Waals surface area contributed by atoms with E-state index in [2.05, 4.69) is 9.97 Å². The number of nitrogens with zero attached hydrogens (tertiary/aromatic N) is 4. The van der Waals surface area contributed by atoms with Gasteiger partial charge in [-0.2, -0.15) is 0 Å². The Kier molecular flexibility index (Phi) is 6.22. The van der Waals surface area contributed by atoms with Crippen LogP contribution in [0.1, 0.15) is 33.2 Å². The average Bonchev–Trinajstić information content (AvgIpc) is 3.20. The highest BCUT2D eigenvalue weighted by molar-refractivity contribution is 7.90. The van der Waals surface area contributed by atoms with Gasteiger partial charge in [0.25, 0.3) is 11.5 Å². The summed E-state index contributed by atoms with van der Waals surface area (Å²) < 4.78 is 56.5. The first-order chi connectivity index (χ1) is 19.0. The lowest BCUT2D eigenvalue weighted by Gasteiger charge is -2.27. The topological polar surface area (TPSA) is 108 Å². The number of H-pyrrole nitrogens is 1. The molecular formula is C27H24ClF2N5O4S. The van der Waals surface area contributed by atoms with Crippen LogP contribution in [-0.4, -0.2) is 59.0 Å². The van der Waals surface area contributed by atoms with Crippen LogP contribution in [0, 0.1) is 11.6 Å². The van der Waals surface area contributed by atoms with Crippen LogP contribution in [0.25, 0.3) is 22.0 Å². The Morgan fingerprint density at radius 2 is 1.93 bits per heavy atom. The van der Waals surface area contributed by atoms with Crippen LogP contribution in [0.3, 0.4) is 0 Å². The van der Waals surface area contributed by atoms with Gasteiger partial charge in [-0.05, 0) is 29.7 Å². The molecule has 3 aromatic heterocycles. The molecule has 0 radical (unpaired) electrons. The van der Waals surface area contributed by atoms with Crippen molar-refractivity contribution in [1.29, 1.82) is 0 Å². The fraction of sp³-hybridized carbons (Fsp3) is 0.296. The van der Waals surface area contributed by atoms with Crippen molar-refractivity contribution in [3.8, 4) is 11.1 Å².